The number of non-ortho nitro benzene ring substituents is 1. The number of rotatable bonds is 4. The fraction of sp³-hybridized carbons (Fsp3) is 0.250. The van der Waals surface area contributed by atoms with E-state index in [1.165, 1.54) is 22.9 Å². The third-order valence-electron chi connectivity index (χ3n) is 3.20. The van der Waals surface area contributed by atoms with Gasteiger partial charge in [-0.2, -0.15) is 8.42 Å². The minimum Gasteiger partial charge on any atom is -0.381 e. The van der Waals surface area contributed by atoms with Gasteiger partial charge in [0.15, 0.2) is 0 Å². The van der Waals surface area contributed by atoms with Crippen molar-refractivity contribution in [2.45, 2.75) is 16.7 Å². The zero-order valence-electron chi connectivity index (χ0n) is 11.0. The van der Waals surface area contributed by atoms with Crippen LogP contribution < -0.4 is 0 Å². The molecule has 10 heteroatoms. The van der Waals surface area contributed by atoms with Crippen molar-refractivity contribution < 1.29 is 22.3 Å². The standard InChI is InChI=1S/C12H10N2O6S2/c15-11-5-12-13(11)6-9(7-21-12)20-22(18,19)10-3-1-8(2-4-10)14(16)17/h1-4,6,12H,5,7H2/t12-/m0/s1. The van der Waals surface area contributed by atoms with Crippen LogP contribution in [0.3, 0.4) is 0 Å². The summed E-state index contributed by atoms with van der Waals surface area (Å²) in [5, 5.41) is 10.6. The molecule has 0 aromatic heterocycles. The van der Waals surface area contributed by atoms with Crippen LogP contribution in [-0.2, 0) is 19.1 Å². The van der Waals surface area contributed by atoms with Crippen LogP contribution in [0.2, 0.25) is 0 Å². The number of hydrogen-bond acceptors (Lipinski definition) is 7. The first-order valence-corrected chi connectivity index (χ1v) is 8.65. The second kappa shape index (κ2) is 5.29. The maximum atomic E-state index is 12.1. The Balaban J connectivity index is 1.78. The number of β-lactam (4-membered cyclic amide) rings is 1. The monoisotopic (exact) mass is 342 g/mol. The van der Waals surface area contributed by atoms with Gasteiger partial charge in [-0.1, -0.05) is 0 Å². The van der Waals surface area contributed by atoms with Crippen LogP contribution in [0.1, 0.15) is 6.42 Å². The average molecular weight is 342 g/mol. The Hall–Kier alpha value is -2.07. The van der Waals surface area contributed by atoms with Crippen molar-refractivity contribution >= 4 is 33.5 Å². The van der Waals surface area contributed by atoms with Crippen LogP contribution in [0, 0.1) is 10.1 Å². The van der Waals surface area contributed by atoms with Crippen molar-refractivity contribution in [2.24, 2.45) is 0 Å². The zero-order valence-corrected chi connectivity index (χ0v) is 12.7. The quantitative estimate of drug-likeness (QED) is 0.353. The van der Waals surface area contributed by atoms with Gasteiger partial charge in [0.25, 0.3) is 5.69 Å². The van der Waals surface area contributed by atoms with Crippen molar-refractivity contribution in [1.82, 2.24) is 4.90 Å². The molecule has 0 bridgehead atoms. The molecule has 1 atom stereocenters. The van der Waals surface area contributed by atoms with Gasteiger partial charge < -0.3 is 9.08 Å². The topological polar surface area (TPSA) is 107 Å². The Morgan fingerprint density at radius 3 is 2.59 bits per heavy atom. The van der Waals surface area contributed by atoms with Gasteiger partial charge in [0.1, 0.15) is 10.7 Å². The SMILES string of the molecule is O=C1C[C@@H]2SCC(OS(=O)(=O)c3ccc([N+](=O)[O-])cc3)=CN12. The van der Waals surface area contributed by atoms with Gasteiger partial charge in [-0.3, -0.25) is 14.9 Å². The largest absolute Gasteiger partial charge is 0.381 e. The minimum absolute atomic E-state index is 0.0573. The van der Waals surface area contributed by atoms with Crippen molar-refractivity contribution in [2.75, 3.05) is 5.75 Å². The van der Waals surface area contributed by atoms with E-state index in [2.05, 4.69) is 0 Å². The van der Waals surface area contributed by atoms with Crippen molar-refractivity contribution in [3.63, 3.8) is 0 Å². The molecule has 0 aliphatic carbocycles. The normalized spacial score (nSPS) is 20.7. The molecule has 0 saturated carbocycles. The predicted octanol–water partition coefficient (Wildman–Crippen LogP) is 1.45. The summed E-state index contributed by atoms with van der Waals surface area (Å²) in [6, 6.07) is 4.41. The van der Waals surface area contributed by atoms with Crippen LogP contribution in [0.15, 0.2) is 41.1 Å². The van der Waals surface area contributed by atoms with Crippen LogP contribution in [-0.4, -0.2) is 35.3 Å². The van der Waals surface area contributed by atoms with Crippen molar-refractivity contribution in [3.05, 3.63) is 46.3 Å². The summed E-state index contributed by atoms with van der Waals surface area (Å²) in [4.78, 5) is 22.5. The van der Waals surface area contributed by atoms with Crippen molar-refractivity contribution in [1.29, 1.82) is 0 Å². The molecule has 2 aliphatic rings. The molecule has 0 N–H and O–H groups in total. The number of benzene rings is 1. The molecule has 3 rings (SSSR count). The van der Waals surface area contributed by atoms with Crippen molar-refractivity contribution in [3.8, 4) is 0 Å². The number of fused-ring (bicyclic) bond motifs is 1. The molecule has 1 fully saturated rings. The van der Waals surface area contributed by atoms with Crippen LogP contribution in [0.25, 0.3) is 0 Å². The maximum Gasteiger partial charge on any atom is 0.338 e. The van der Waals surface area contributed by atoms with E-state index in [0.29, 0.717) is 12.2 Å². The molecule has 2 aliphatic heterocycles. The Kier molecular flexibility index (Phi) is 3.57. The molecule has 8 nitrogen and oxygen atoms in total. The summed E-state index contributed by atoms with van der Waals surface area (Å²) in [6.45, 7) is 0. The average Bonchev–Trinajstić information content (AvgIpc) is 2.48. The third kappa shape index (κ3) is 2.66. The first-order chi connectivity index (χ1) is 10.4. The number of hydrogen-bond donors (Lipinski definition) is 0. The molecule has 1 saturated heterocycles. The molecule has 1 aromatic rings. The summed E-state index contributed by atoms with van der Waals surface area (Å²) >= 11 is 1.43. The van der Waals surface area contributed by atoms with Gasteiger partial charge in [-0.05, 0) is 12.1 Å². The molecule has 0 spiro atoms. The number of amides is 1. The molecular formula is C12H10N2O6S2. The van der Waals surface area contributed by atoms with Gasteiger partial charge in [-0.15, -0.1) is 11.8 Å². The predicted molar refractivity (Wildman–Crippen MR) is 77.2 cm³/mol. The van der Waals surface area contributed by atoms with E-state index < -0.39 is 15.0 Å². The summed E-state index contributed by atoms with van der Waals surface area (Å²) in [6.07, 6.45) is 1.85. The number of nitro benzene ring substituents is 1. The summed E-state index contributed by atoms with van der Waals surface area (Å²) in [5.41, 5.74) is -0.208. The molecule has 2 heterocycles. The number of carbonyl (C=O) groups excluding carboxylic acids is 1. The second-order valence-corrected chi connectivity index (χ2v) is 7.37. The van der Waals surface area contributed by atoms with Gasteiger partial charge >= 0.3 is 10.1 Å². The van der Waals surface area contributed by atoms with Gasteiger partial charge in [0.2, 0.25) is 5.91 Å². The highest BCUT2D eigenvalue weighted by Crippen LogP contribution is 2.36. The Morgan fingerprint density at radius 2 is 2.00 bits per heavy atom. The highest BCUT2D eigenvalue weighted by Gasteiger charge is 2.39. The van der Waals surface area contributed by atoms with Gasteiger partial charge in [0.05, 0.1) is 22.5 Å². The molecular weight excluding hydrogens is 332 g/mol. The first-order valence-electron chi connectivity index (χ1n) is 6.19. The van der Waals surface area contributed by atoms with E-state index in [1.807, 2.05) is 0 Å². The van der Waals surface area contributed by atoms with Crippen LogP contribution in [0.5, 0.6) is 0 Å². The molecule has 1 aromatic carbocycles. The summed E-state index contributed by atoms with van der Waals surface area (Å²) < 4.78 is 29.3. The number of nitrogens with zero attached hydrogens (tertiary/aromatic N) is 2. The lowest BCUT2D eigenvalue weighted by molar-refractivity contribution is -0.384. The zero-order chi connectivity index (χ0) is 15.9. The van der Waals surface area contributed by atoms with E-state index in [1.54, 1.807) is 0 Å². The van der Waals surface area contributed by atoms with E-state index in [-0.39, 0.29) is 27.6 Å². The van der Waals surface area contributed by atoms with Crippen LogP contribution >= 0.6 is 11.8 Å². The highest BCUT2D eigenvalue weighted by atomic mass is 32.2. The van der Waals surface area contributed by atoms with E-state index in [4.69, 9.17) is 4.18 Å². The lowest BCUT2D eigenvalue weighted by Gasteiger charge is -2.40. The lowest BCUT2D eigenvalue weighted by Crippen LogP contribution is -2.49. The van der Waals surface area contributed by atoms with Gasteiger partial charge in [-0.25, -0.2) is 0 Å². The molecule has 1 amide bonds. The summed E-state index contributed by atoms with van der Waals surface area (Å²) in [5.74, 6) is 0.430. The number of nitro groups is 1. The van der Waals surface area contributed by atoms with Crippen LogP contribution in [0.4, 0.5) is 5.69 Å². The molecule has 0 unspecified atom stereocenters. The van der Waals surface area contributed by atoms with Gasteiger partial charge in [0, 0.05) is 18.3 Å². The molecule has 116 valence electrons. The molecule has 0 radical (unpaired) electrons. The maximum absolute atomic E-state index is 12.1. The smallest absolute Gasteiger partial charge is 0.338 e. The van der Waals surface area contributed by atoms with E-state index >= 15 is 0 Å². The third-order valence-corrected chi connectivity index (χ3v) is 5.71. The van der Waals surface area contributed by atoms with E-state index in [0.717, 1.165) is 24.3 Å². The fourth-order valence-electron chi connectivity index (χ4n) is 2.04. The molecule has 22 heavy (non-hydrogen) atoms. The second-order valence-electron chi connectivity index (χ2n) is 4.65. The fourth-order valence-corrected chi connectivity index (χ4v) is 4.15. The Bertz CT molecular complexity index is 771. The number of thioether (sulfide) groups is 1. The Morgan fingerprint density at radius 1 is 1.32 bits per heavy atom. The van der Waals surface area contributed by atoms with E-state index in [9.17, 15) is 23.3 Å². The summed E-state index contributed by atoms with van der Waals surface area (Å²) in [7, 11) is -4.08. The Labute approximate surface area is 130 Å². The lowest BCUT2D eigenvalue weighted by atomic mass is 10.2. The first kappa shape index (κ1) is 14.9. The minimum atomic E-state index is -4.08. The number of carbonyl (C=O) groups is 1. The highest BCUT2D eigenvalue weighted by molar-refractivity contribution is 8.00.